The summed E-state index contributed by atoms with van der Waals surface area (Å²) in [4.78, 5) is 18.8. The van der Waals surface area contributed by atoms with E-state index in [1.54, 1.807) is 24.1 Å². The second-order valence-corrected chi connectivity index (χ2v) is 6.22. The molecule has 1 aliphatic rings. The minimum Gasteiger partial charge on any atom is -0.505 e. The maximum Gasteiger partial charge on any atom is 0.256 e. The van der Waals surface area contributed by atoms with Crippen LogP contribution in [0.15, 0.2) is 30.3 Å². The average molecular weight is 340 g/mol. The number of aryl methyl sites for hydroxylation is 1. The highest BCUT2D eigenvalue weighted by Crippen LogP contribution is 2.30. The Bertz CT molecular complexity index is 1010. The van der Waals surface area contributed by atoms with Crippen LogP contribution in [-0.2, 0) is 13.5 Å². The molecule has 0 atom stereocenters. The molecule has 3 heterocycles. The van der Waals surface area contributed by atoms with Gasteiger partial charge in [-0.2, -0.15) is 0 Å². The van der Waals surface area contributed by atoms with Gasteiger partial charge in [0, 0.05) is 49.9 Å². The number of halogens is 1. The van der Waals surface area contributed by atoms with Gasteiger partial charge in [-0.25, -0.2) is 9.37 Å². The topological polar surface area (TPSA) is 70.4 Å². The van der Waals surface area contributed by atoms with Gasteiger partial charge in [0.25, 0.3) is 5.91 Å². The molecule has 2 N–H and O–H groups in total. The summed E-state index contributed by atoms with van der Waals surface area (Å²) in [6, 6.07) is 7.67. The third-order valence-electron chi connectivity index (χ3n) is 4.62. The maximum atomic E-state index is 13.5. The number of rotatable bonds is 2. The lowest BCUT2D eigenvalue weighted by Gasteiger charge is -2.23. The van der Waals surface area contributed by atoms with E-state index in [2.05, 4.69) is 10.3 Å². The molecule has 128 valence electrons. The molecule has 0 saturated carbocycles. The lowest BCUT2D eigenvalue weighted by Crippen LogP contribution is -2.34. The van der Waals surface area contributed by atoms with Gasteiger partial charge in [-0.05, 0) is 24.3 Å². The molecule has 3 aromatic rings. The van der Waals surface area contributed by atoms with Gasteiger partial charge in [0.05, 0.1) is 5.56 Å². The molecule has 0 saturated heterocycles. The highest BCUT2D eigenvalue weighted by atomic mass is 19.1. The number of aromatic hydroxyl groups is 1. The highest BCUT2D eigenvalue weighted by molar-refractivity contribution is 6.08. The SMILES string of the molecule is CN1CCc2c(c3ccc(Nc4ccc(O)c(F)c4)nc3n2C)C1=O. The van der Waals surface area contributed by atoms with Crippen LogP contribution in [0.5, 0.6) is 5.75 Å². The number of nitrogens with one attached hydrogen (secondary N) is 1. The first-order chi connectivity index (χ1) is 12.0. The van der Waals surface area contributed by atoms with Crippen LogP contribution >= 0.6 is 0 Å². The van der Waals surface area contributed by atoms with E-state index >= 15 is 0 Å². The number of carbonyl (C=O) groups is 1. The summed E-state index contributed by atoms with van der Waals surface area (Å²) < 4.78 is 15.4. The summed E-state index contributed by atoms with van der Waals surface area (Å²) in [5.41, 5.74) is 2.88. The number of benzene rings is 1. The van der Waals surface area contributed by atoms with E-state index in [4.69, 9.17) is 0 Å². The molecule has 0 aliphatic carbocycles. The summed E-state index contributed by atoms with van der Waals surface area (Å²) in [7, 11) is 3.70. The molecule has 0 unspecified atom stereocenters. The van der Waals surface area contributed by atoms with Crippen molar-refractivity contribution >= 4 is 28.4 Å². The number of phenolic OH excluding ortho intramolecular Hbond substituents is 1. The van der Waals surface area contributed by atoms with Crippen molar-refractivity contribution in [2.75, 3.05) is 18.9 Å². The van der Waals surface area contributed by atoms with Crippen LogP contribution in [0.1, 0.15) is 16.1 Å². The third kappa shape index (κ3) is 2.39. The molecule has 1 aliphatic heterocycles. The molecule has 0 spiro atoms. The largest absolute Gasteiger partial charge is 0.505 e. The quantitative estimate of drug-likeness (QED) is 0.704. The van der Waals surface area contributed by atoms with Crippen molar-refractivity contribution in [1.29, 1.82) is 0 Å². The fourth-order valence-corrected chi connectivity index (χ4v) is 3.25. The summed E-state index contributed by atoms with van der Waals surface area (Å²) in [5.74, 6) is -0.549. The molecular formula is C18H17FN4O2. The molecule has 0 fully saturated rings. The van der Waals surface area contributed by atoms with Gasteiger partial charge in [-0.1, -0.05) is 0 Å². The Balaban J connectivity index is 1.77. The molecule has 1 amide bonds. The number of likely N-dealkylation sites (N-methyl/N-ethyl adjacent to an activating group) is 1. The number of hydrogen-bond acceptors (Lipinski definition) is 4. The Morgan fingerprint density at radius 1 is 1.24 bits per heavy atom. The Kier molecular flexibility index (Phi) is 3.38. The van der Waals surface area contributed by atoms with E-state index in [-0.39, 0.29) is 5.91 Å². The minimum atomic E-state index is -0.700. The monoisotopic (exact) mass is 340 g/mol. The van der Waals surface area contributed by atoms with Gasteiger partial charge in [-0.3, -0.25) is 4.79 Å². The lowest BCUT2D eigenvalue weighted by molar-refractivity contribution is 0.0781. The van der Waals surface area contributed by atoms with E-state index in [9.17, 15) is 14.3 Å². The Labute approximate surface area is 143 Å². The molecular weight excluding hydrogens is 323 g/mol. The Morgan fingerprint density at radius 3 is 2.80 bits per heavy atom. The number of aromatic nitrogens is 2. The first-order valence-electron chi connectivity index (χ1n) is 7.95. The van der Waals surface area contributed by atoms with E-state index in [0.29, 0.717) is 29.3 Å². The number of anilines is 2. The molecule has 1 aromatic carbocycles. The van der Waals surface area contributed by atoms with Crippen molar-refractivity contribution in [1.82, 2.24) is 14.5 Å². The van der Waals surface area contributed by atoms with E-state index < -0.39 is 11.6 Å². The molecule has 25 heavy (non-hydrogen) atoms. The van der Waals surface area contributed by atoms with E-state index in [1.165, 1.54) is 12.1 Å². The normalized spacial score (nSPS) is 14.0. The molecule has 7 heteroatoms. The molecule has 0 radical (unpaired) electrons. The van der Waals surface area contributed by atoms with Gasteiger partial charge in [0.2, 0.25) is 0 Å². The van der Waals surface area contributed by atoms with Crippen LogP contribution in [0.4, 0.5) is 15.9 Å². The maximum absolute atomic E-state index is 13.5. The van der Waals surface area contributed by atoms with Crippen molar-refractivity contribution in [3.05, 3.63) is 47.4 Å². The van der Waals surface area contributed by atoms with Gasteiger partial charge in [0.15, 0.2) is 11.6 Å². The van der Waals surface area contributed by atoms with Crippen LogP contribution in [0, 0.1) is 5.82 Å². The summed E-state index contributed by atoms with van der Waals surface area (Å²) >= 11 is 0. The standard InChI is InChI=1S/C18H17FN4O2/c1-22-8-7-13-16(18(22)25)11-4-6-15(21-17(11)23(13)2)20-10-3-5-14(24)12(19)9-10/h3-6,9,24H,7-8H2,1-2H3,(H,20,21). The predicted molar refractivity (Wildman–Crippen MR) is 92.7 cm³/mol. The van der Waals surface area contributed by atoms with Crippen molar-refractivity contribution in [3.8, 4) is 5.75 Å². The zero-order chi connectivity index (χ0) is 17.7. The van der Waals surface area contributed by atoms with Crippen molar-refractivity contribution in [3.63, 3.8) is 0 Å². The number of fused-ring (bicyclic) bond motifs is 3. The van der Waals surface area contributed by atoms with Crippen molar-refractivity contribution in [2.24, 2.45) is 7.05 Å². The van der Waals surface area contributed by atoms with E-state index in [0.717, 1.165) is 17.5 Å². The predicted octanol–water partition coefficient (Wildman–Crippen LogP) is 2.79. The van der Waals surface area contributed by atoms with Crippen LogP contribution in [0.2, 0.25) is 0 Å². The van der Waals surface area contributed by atoms with Crippen molar-refractivity contribution in [2.45, 2.75) is 6.42 Å². The summed E-state index contributed by atoms with van der Waals surface area (Å²) in [5, 5.41) is 13.1. The van der Waals surface area contributed by atoms with Gasteiger partial charge in [0.1, 0.15) is 11.5 Å². The summed E-state index contributed by atoms with van der Waals surface area (Å²) in [6.07, 6.45) is 0.788. The van der Waals surface area contributed by atoms with E-state index in [1.807, 2.05) is 17.7 Å². The fraction of sp³-hybridized carbons (Fsp3) is 0.222. The molecule has 6 nitrogen and oxygen atoms in total. The van der Waals surface area contributed by atoms with Gasteiger partial charge >= 0.3 is 0 Å². The Hall–Kier alpha value is -3.09. The molecule has 2 aromatic heterocycles. The third-order valence-corrected chi connectivity index (χ3v) is 4.62. The molecule has 4 rings (SSSR count). The smallest absolute Gasteiger partial charge is 0.256 e. The average Bonchev–Trinajstić information content (AvgIpc) is 2.87. The minimum absolute atomic E-state index is 0.00923. The first-order valence-corrected chi connectivity index (χ1v) is 7.95. The lowest BCUT2D eigenvalue weighted by atomic mass is 10.0. The number of nitrogens with zero attached hydrogens (tertiary/aromatic N) is 3. The zero-order valence-corrected chi connectivity index (χ0v) is 13.9. The fourth-order valence-electron chi connectivity index (χ4n) is 3.25. The summed E-state index contributed by atoms with van der Waals surface area (Å²) in [6.45, 7) is 0.688. The van der Waals surface area contributed by atoms with Crippen LogP contribution in [0.3, 0.4) is 0 Å². The van der Waals surface area contributed by atoms with Crippen LogP contribution < -0.4 is 5.32 Å². The zero-order valence-electron chi connectivity index (χ0n) is 13.9. The first kappa shape index (κ1) is 15.4. The van der Waals surface area contributed by atoms with Gasteiger partial charge in [-0.15, -0.1) is 0 Å². The number of phenols is 1. The second kappa shape index (κ2) is 5.47. The number of carbonyl (C=O) groups excluding carboxylic acids is 1. The van der Waals surface area contributed by atoms with Crippen LogP contribution in [0.25, 0.3) is 11.0 Å². The van der Waals surface area contributed by atoms with Crippen LogP contribution in [-0.4, -0.2) is 39.1 Å². The Morgan fingerprint density at radius 2 is 2.04 bits per heavy atom. The number of pyridine rings is 1. The molecule has 0 bridgehead atoms. The van der Waals surface area contributed by atoms with Crippen molar-refractivity contribution < 1.29 is 14.3 Å². The number of amides is 1. The second-order valence-electron chi connectivity index (χ2n) is 6.22. The highest BCUT2D eigenvalue weighted by Gasteiger charge is 2.28. The van der Waals surface area contributed by atoms with Gasteiger partial charge < -0.3 is 19.9 Å². The number of hydrogen-bond donors (Lipinski definition) is 2.